The number of amides is 2. The zero-order valence-corrected chi connectivity index (χ0v) is 14.2. The summed E-state index contributed by atoms with van der Waals surface area (Å²) in [7, 11) is 0. The molecule has 0 radical (unpaired) electrons. The van der Waals surface area contributed by atoms with Crippen LogP contribution < -0.4 is 5.73 Å². The summed E-state index contributed by atoms with van der Waals surface area (Å²) in [5.41, 5.74) is 6.28. The van der Waals surface area contributed by atoms with E-state index in [2.05, 4.69) is 0 Å². The maximum absolute atomic E-state index is 13.1. The number of carbonyl (C=O) groups is 2. The summed E-state index contributed by atoms with van der Waals surface area (Å²) < 4.78 is 18.8. The zero-order chi connectivity index (χ0) is 17.8. The number of likely N-dealkylation sites (tertiary alicyclic amines) is 1. The molecule has 2 N–H and O–H groups in total. The number of nitrogens with two attached hydrogens (primary N) is 1. The average molecular weight is 349 g/mol. The standard InChI is InChI=1S/C18H24FN3O3/c19-15-5-3-13(4-6-15)16-11-21(8-9-25-16)12-17(23)22-7-1-2-14(10-22)18(20)24/h3-6,14,16H,1-2,7-12H2,(H2,20,24). The quantitative estimate of drug-likeness (QED) is 0.877. The summed E-state index contributed by atoms with van der Waals surface area (Å²) in [4.78, 5) is 27.7. The number of hydrogen-bond acceptors (Lipinski definition) is 4. The lowest BCUT2D eigenvalue weighted by molar-refractivity contribution is -0.137. The third-order valence-electron chi connectivity index (χ3n) is 4.93. The van der Waals surface area contributed by atoms with Gasteiger partial charge in [0.05, 0.1) is 25.2 Å². The highest BCUT2D eigenvalue weighted by molar-refractivity contribution is 5.81. The van der Waals surface area contributed by atoms with E-state index < -0.39 is 0 Å². The van der Waals surface area contributed by atoms with Gasteiger partial charge in [0, 0.05) is 26.2 Å². The maximum Gasteiger partial charge on any atom is 0.236 e. The second kappa shape index (κ2) is 7.93. The van der Waals surface area contributed by atoms with Crippen molar-refractivity contribution in [2.24, 2.45) is 11.7 Å². The van der Waals surface area contributed by atoms with Crippen LogP contribution >= 0.6 is 0 Å². The van der Waals surface area contributed by atoms with Gasteiger partial charge < -0.3 is 15.4 Å². The van der Waals surface area contributed by atoms with Crippen LogP contribution in [0.2, 0.25) is 0 Å². The van der Waals surface area contributed by atoms with Crippen molar-refractivity contribution in [1.82, 2.24) is 9.80 Å². The van der Waals surface area contributed by atoms with Crippen LogP contribution in [0.4, 0.5) is 4.39 Å². The normalized spacial score (nSPS) is 24.9. The molecule has 0 bridgehead atoms. The van der Waals surface area contributed by atoms with Crippen molar-refractivity contribution in [3.05, 3.63) is 35.6 Å². The molecular weight excluding hydrogens is 325 g/mol. The van der Waals surface area contributed by atoms with Crippen molar-refractivity contribution in [2.75, 3.05) is 39.3 Å². The molecule has 1 aromatic carbocycles. The minimum Gasteiger partial charge on any atom is -0.371 e. The van der Waals surface area contributed by atoms with Crippen molar-refractivity contribution in [2.45, 2.75) is 18.9 Å². The van der Waals surface area contributed by atoms with E-state index in [1.54, 1.807) is 17.0 Å². The van der Waals surface area contributed by atoms with Gasteiger partial charge in [0.25, 0.3) is 0 Å². The molecular formula is C18H24FN3O3. The van der Waals surface area contributed by atoms with Gasteiger partial charge in [-0.3, -0.25) is 14.5 Å². The number of morpholine rings is 1. The van der Waals surface area contributed by atoms with E-state index in [1.807, 2.05) is 4.90 Å². The first kappa shape index (κ1) is 17.8. The van der Waals surface area contributed by atoms with E-state index in [0.29, 0.717) is 39.3 Å². The van der Waals surface area contributed by atoms with Gasteiger partial charge in [-0.1, -0.05) is 12.1 Å². The second-order valence-electron chi connectivity index (χ2n) is 6.73. The Labute approximate surface area is 146 Å². The van der Waals surface area contributed by atoms with Crippen LogP contribution in [-0.2, 0) is 14.3 Å². The van der Waals surface area contributed by atoms with E-state index in [1.165, 1.54) is 12.1 Å². The highest BCUT2D eigenvalue weighted by Crippen LogP contribution is 2.23. The molecule has 0 aliphatic carbocycles. The van der Waals surface area contributed by atoms with E-state index in [0.717, 1.165) is 18.4 Å². The summed E-state index contributed by atoms with van der Waals surface area (Å²) in [6.07, 6.45) is 1.39. The van der Waals surface area contributed by atoms with Crippen molar-refractivity contribution in [3.63, 3.8) is 0 Å². The number of rotatable bonds is 4. The lowest BCUT2D eigenvalue weighted by atomic mass is 9.97. The number of halogens is 1. The van der Waals surface area contributed by atoms with Gasteiger partial charge in [-0.15, -0.1) is 0 Å². The third kappa shape index (κ3) is 4.55. The van der Waals surface area contributed by atoms with E-state index >= 15 is 0 Å². The van der Waals surface area contributed by atoms with Crippen LogP contribution in [0.15, 0.2) is 24.3 Å². The Morgan fingerprint density at radius 1 is 1.20 bits per heavy atom. The molecule has 2 amide bonds. The first-order valence-corrected chi connectivity index (χ1v) is 8.69. The van der Waals surface area contributed by atoms with Crippen molar-refractivity contribution < 1.29 is 18.7 Å². The zero-order valence-electron chi connectivity index (χ0n) is 14.2. The monoisotopic (exact) mass is 349 g/mol. The Bertz CT molecular complexity index is 622. The van der Waals surface area contributed by atoms with E-state index in [-0.39, 0.29) is 29.7 Å². The van der Waals surface area contributed by atoms with E-state index in [9.17, 15) is 14.0 Å². The minimum absolute atomic E-state index is 0.0192. The van der Waals surface area contributed by atoms with Gasteiger partial charge in [0.15, 0.2) is 0 Å². The molecule has 2 heterocycles. The van der Waals surface area contributed by atoms with Crippen molar-refractivity contribution in [3.8, 4) is 0 Å². The maximum atomic E-state index is 13.1. The molecule has 2 aliphatic heterocycles. The van der Waals surface area contributed by atoms with Gasteiger partial charge in [0.1, 0.15) is 5.82 Å². The topological polar surface area (TPSA) is 75.9 Å². The van der Waals surface area contributed by atoms with Crippen molar-refractivity contribution in [1.29, 1.82) is 0 Å². The Morgan fingerprint density at radius 2 is 1.96 bits per heavy atom. The lowest BCUT2D eigenvalue weighted by Gasteiger charge is -2.36. The Balaban J connectivity index is 1.56. The summed E-state index contributed by atoms with van der Waals surface area (Å²) in [5.74, 6) is -0.832. The highest BCUT2D eigenvalue weighted by atomic mass is 19.1. The lowest BCUT2D eigenvalue weighted by Crippen LogP contribution is -2.49. The van der Waals surface area contributed by atoms with E-state index in [4.69, 9.17) is 10.5 Å². The molecule has 2 fully saturated rings. The van der Waals surface area contributed by atoms with Crippen LogP contribution in [0, 0.1) is 11.7 Å². The smallest absolute Gasteiger partial charge is 0.236 e. The fourth-order valence-corrected chi connectivity index (χ4v) is 3.45. The summed E-state index contributed by atoms with van der Waals surface area (Å²) in [6.45, 7) is 3.18. The van der Waals surface area contributed by atoms with Crippen LogP contribution in [0.1, 0.15) is 24.5 Å². The molecule has 0 aromatic heterocycles. The molecule has 2 unspecified atom stereocenters. The van der Waals surface area contributed by atoms with Gasteiger partial charge in [-0.2, -0.15) is 0 Å². The predicted octanol–water partition coefficient (Wildman–Crippen LogP) is 0.923. The van der Waals surface area contributed by atoms with Crippen LogP contribution in [0.3, 0.4) is 0 Å². The Kier molecular flexibility index (Phi) is 5.65. The first-order valence-electron chi connectivity index (χ1n) is 8.69. The predicted molar refractivity (Wildman–Crippen MR) is 90.0 cm³/mol. The molecule has 25 heavy (non-hydrogen) atoms. The molecule has 2 atom stereocenters. The first-order chi connectivity index (χ1) is 12.0. The highest BCUT2D eigenvalue weighted by Gasteiger charge is 2.29. The minimum atomic E-state index is -0.333. The molecule has 136 valence electrons. The molecule has 1 aromatic rings. The fraction of sp³-hybridized carbons (Fsp3) is 0.556. The third-order valence-corrected chi connectivity index (χ3v) is 4.93. The number of benzene rings is 1. The van der Waals surface area contributed by atoms with Crippen molar-refractivity contribution >= 4 is 11.8 Å². The van der Waals surface area contributed by atoms with Gasteiger partial charge in [-0.05, 0) is 30.5 Å². The number of carbonyl (C=O) groups excluding carboxylic acids is 2. The summed E-state index contributed by atoms with van der Waals surface area (Å²) in [6, 6.07) is 6.27. The molecule has 7 heteroatoms. The van der Waals surface area contributed by atoms with Gasteiger partial charge in [0.2, 0.25) is 11.8 Å². The number of hydrogen-bond donors (Lipinski definition) is 1. The second-order valence-corrected chi connectivity index (χ2v) is 6.73. The Hall–Kier alpha value is -1.99. The van der Waals surface area contributed by atoms with Gasteiger partial charge in [-0.25, -0.2) is 4.39 Å². The average Bonchev–Trinajstić information content (AvgIpc) is 2.62. The molecule has 3 rings (SSSR count). The van der Waals surface area contributed by atoms with Crippen LogP contribution in [0.25, 0.3) is 0 Å². The summed E-state index contributed by atoms with van der Waals surface area (Å²) >= 11 is 0. The number of piperidine rings is 1. The largest absolute Gasteiger partial charge is 0.371 e. The number of ether oxygens (including phenoxy) is 1. The molecule has 2 aliphatic rings. The number of nitrogens with zero attached hydrogens (tertiary/aromatic N) is 2. The Morgan fingerprint density at radius 3 is 2.68 bits per heavy atom. The van der Waals surface area contributed by atoms with Crippen LogP contribution in [0.5, 0.6) is 0 Å². The number of primary amides is 1. The molecule has 0 saturated carbocycles. The molecule has 0 spiro atoms. The van der Waals surface area contributed by atoms with Gasteiger partial charge >= 0.3 is 0 Å². The molecule has 6 nitrogen and oxygen atoms in total. The SMILES string of the molecule is NC(=O)C1CCCN(C(=O)CN2CCOC(c3ccc(F)cc3)C2)C1. The fourth-order valence-electron chi connectivity index (χ4n) is 3.45. The summed E-state index contributed by atoms with van der Waals surface area (Å²) in [5, 5.41) is 0. The molecule has 2 saturated heterocycles. The van der Waals surface area contributed by atoms with Crippen LogP contribution in [-0.4, -0.2) is 60.9 Å².